The fourth-order valence-electron chi connectivity index (χ4n) is 15.0. The highest BCUT2D eigenvalue weighted by molar-refractivity contribution is 6.14. The van der Waals surface area contributed by atoms with Crippen molar-refractivity contribution in [3.63, 3.8) is 0 Å². The number of hydrogen-bond donors (Lipinski definition) is 0. The van der Waals surface area contributed by atoms with Crippen molar-refractivity contribution in [2.75, 3.05) is 9.80 Å². The van der Waals surface area contributed by atoms with Gasteiger partial charge in [0.25, 0.3) is 0 Å². The topological polar surface area (TPSA) is 6.48 Å². The summed E-state index contributed by atoms with van der Waals surface area (Å²) in [6.07, 6.45) is 24.3. The summed E-state index contributed by atoms with van der Waals surface area (Å²) in [4.78, 5) is 4.83. The maximum Gasteiger partial charge on any atom is 0.0462 e. The van der Waals surface area contributed by atoms with Gasteiger partial charge in [0.2, 0.25) is 0 Å². The van der Waals surface area contributed by atoms with Gasteiger partial charge >= 0.3 is 0 Å². The molecule has 0 aliphatic carbocycles. The van der Waals surface area contributed by atoms with E-state index in [1.165, 1.54) is 170 Å². The van der Waals surface area contributed by atoms with Gasteiger partial charge in [-0.15, -0.1) is 0 Å². The molecule has 0 saturated heterocycles. The monoisotopic (exact) mass is 1280 g/mol. The summed E-state index contributed by atoms with van der Waals surface area (Å²) < 4.78 is 0. The predicted octanol–water partition coefficient (Wildman–Crippen LogP) is 29.1. The normalized spacial score (nSPS) is 12.0. The fourth-order valence-corrected chi connectivity index (χ4v) is 15.0. The Bertz CT molecular complexity index is 4570. The molecule has 2 nitrogen and oxygen atoms in total. The first-order valence-corrected chi connectivity index (χ1v) is 36.9. The Morgan fingerprint density at radius 1 is 0.327 bits per heavy atom. The number of benzene rings is 12. The van der Waals surface area contributed by atoms with Crippen LogP contribution in [0.2, 0.25) is 0 Å². The average Bonchev–Trinajstić information content (AvgIpc) is 0.734. The van der Waals surface area contributed by atoms with Crippen LogP contribution in [0.1, 0.15) is 164 Å². The number of nitrogens with zero attached hydrogens (tertiary/aromatic N) is 2. The summed E-state index contributed by atoms with van der Waals surface area (Å²) in [5.41, 5.74) is 27.3. The van der Waals surface area contributed by atoms with E-state index in [1.54, 1.807) is 0 Å². The standard InChI is InChI=1S/C96H100N2/c1-9-15-17-19-21-23-29-79-68-92(77-49-61-85(62-50-77)97(82-55-35-70(7)36-56-82)83-57-45-75(46-58-83)73-41-37-71(12-4)38-42-73)88-31-25-27-33-90(88)94(79)95-80(30-24-22-20-18-16-10-2)69-93(89-32-26-28-34-91(89)95)78-51-63-86(64-52-78)98(87-65-53-81(54-66-87)96(8,14-6)67-11-3)84-59-47-76(48-60-84)74-43-39-72(13-5)40-44-74/h12-13,25-28,31-66,68-69H,4-5,9-11,14-24,29-30,67H2,1-3,6-8H3/t96-/m1/s1. The van der Waals surface area contributed by atoms with E-state index in [9.17, 15) is 0 Å². The van der Waals surface area contributed by atoms with Crippen LogP contribution < -0.4 is 9.80 Å². The number of aryl methyl sites for hydroxylation is 3. The number of hydrogen-bond acceptors (Lipinski definition) is 2. The minimum Gasteiger partial charge on any atom is -0.311 e. The molecule has 0 bridgehead atoms. The summed E-state index contributed by atoms with van der Waals surface area (Å²) >= 11 is 0. The van der Waals surface area contributed by atoms with E-state index in [1.807, 2.05) is 12.2 Å². The first kappa shape index (κ1) is 68.2. The largest absolute Gasteiger partial charge is 0.311 e. The van der Waals surface area contributed by atoms with Gasteiger partial charge in [-0.25, -0.2) is 0 Å². The molecule has 0 aromatic heterocycles. The summed E-state index contributed by atoms with van der Waals surface area (Å²) in [5.74, 6) is 0. The average molecular weight is 1280 g/mol. The molecule has 0 radical (unpaired) electrons. The van der Waals surface area contributed by atoms with Gasteiger partial charge in [0.15, 0.2) is 0 Å². The Morgan fingerprint density at radius 3 is 0.969 bits per heavy atom. The molecule has 12 rings (SSSR count). The van der Waals surface area contributed by atoms with E-state index in [-0.39, 0.29) is 5.41 Å². The van der Waals surface area contributed by atoms with E-state index in [2.05, 4.69) is 319 Å². The number of unbranched alkanes of at least 4 members (excludes halogenated alkanes) is 10. The van der Waals surface area contributed by atoms with Gasteiger partial charge in [0.1, 0.15) is 0 Å². The van der Waals surface area contributed by atoms with Gasteiger partial charge < -0.3 is 9.80 Å². The van der Waals surface area contributed by atoms with Crippen LogP contribution in [0.5, 0.6) is 0 Å². The molecular formula is C96H100N2. The van der Waals surface area contributed by atoms with Crippen molar-refractivity contribution in [3.8, 4) is 55.6 Å². The summed E-state index contributed by atoms with van der Waals surface area (Å²) in [5, 5.41) is 5.25. The molecule has 0 aliphatic rings. The second-order valence-electron chi connectivity index (χ2n) is 27.6. The van der Waals surface area contributed by atoms with Crippen molar-refractivity contribution in [2.45, 2.75) is 156 Å². The van der Waals surface area contributed by atoms with Crippen molar-refractivity contribution in [1.82, 2.24) is 0 Å². The van der Waals surface area contributed by atoms with Gasteiger partial charge in [-0.1, -0.05) is 306 Å². The first-order valence-electron chi connectivity index (χ1n) is 36.9. The van der Waals surface area contributed by atoms with E-state index in [0.29, 0.717) is 0 Å². The maximum absolute atomic E-state index is 3.99. The molecule has 494 valence electrons. The van der Waals surface area contributed by atoms with Gasteiger partial charge in [-0.3, -0.25) is 0 Å². The summed E-state index contributed by atoms with van der Waals surface area (Å²) in [6.45, 7) is 21.8. The quantitative estimate of drug-likeness (QED) is 0.0400. The molecule has 0 spiro atoms. The highest BCUT2D eigenvalue weighted by atomic mass is 15.1. The number of fused-ring (bicyclic) bond motifs is 2. The van der Waals surface area contributed by atoms with Crippen LogP contribution >= 0.6 is 0 Å². The van der Waals surface area contributed by atoms with Gasteiger partial charge in [-0.2, -0.15) is 0 Å². The van der Waals surface area contributed by atoms with Crippen molar-refractivity contribution >= 4 is 67.8 Å². The molecule has 98 heavy (non-hydrogen) atoms. The third-order valence-electron chi connectivity index (χ3n) is 20.9. The van der Waals surface area contributed by atoms with Gasteiger partial charge in [-0.05, 0) is 241 Å². The molecule has 0 N–H and O–H groups in total. The number of rotatable bonds is 31. The number of anilines is 6. The van der Waals surface area contributed by atoms with Crippen LogP contribution in [0.25, 0.3) is 89.3 Å². The Kier molecular flexibility index (Phi) is 22.6. The van der Waals surface area contributed by atoms with E-state index < -0.39 is 0 Å². The maximum atomic E-state index is 3.99. The van der Waals surface area contributed by atoms with Crippen molar-refractivity contribution in [2.24, 2.45) is 0 Å². The highest BCUT2D eigenvalue weighted by Gasteiger charge is 2.26. The molecule has 0 aliphatic heterocycles. The Hall–Kier alpha value is -9.76. The summed E-state index contributed by atoms with van der Waals surface area (Å²) in [7, 11) is 0. The Labute approximate surface area is 587 Å². The highest BCUT2D eigenvalue weighted by Crippen LogP contribution is 2.48. The Balaban J connectivity index is 0.961. The van der Waals surface area contributed by atoms with Crippen LogP contribution in [-0.4, -0.2) is 0 Å². The summed E-state index contributed by atoms with van der Waals surface area (Å²) in [6, 6.07) is 96.6. The van der Waals surface area contributed by atoms with Crippen molar-refractivity contribution in [3.05, 3.63) is 301 Å². The lowest BCUT2D eigenvalue weighted by atomic mass is 9.76. The van der Waals surface area contributed by atoms with Crippen LogP contribution in [-0.2, 0) is 18.3 Å². The molecule has 12 aromatic rings. The fraction of sp³-hybridized carbons (Fsp3) is 0.250. The lowest BCUT2D eigenvalue weighted by Gasteiger charge is -2.30. The van der Waals surface area contributed by atoms with E-state index in [0.717, 1.165) is 83.8 Å². The molecular weight excluding hydrogens is 1180 g/mol. The van der Waals surface area contributed by atoms with Crippen molar-refractivity contribution in [1.29, 1.82) is 0 Å². The lowest BCUT2D eigenvalue weighted by Crippen LogP contribution is -2.20. The molecule has 1 atom stereocenters. The van der Waals surface area contributed by atoms with E-state index >= 15 is 0 Å². The minimum atomic E-state index is 0.135. The first-order chi connectivity index (χ1) is 48.1. The van der Waals surface area contributed by atoms with Crippen LogP contribution in [0.3, 0.4) is 0 Å². The van der Waals surface area contributed by atoms with Crippen LogP contribution in [0.4, 0.5) is 34.1 Å². The zero-order chi connectivity index (χ0) is 67.8. The predicted molar refractivity (Wildman–Crippen MR) is 430 cm³/mol. The zero-order valence-electron chi connectivity index (χ0n) is 59.2. The zero-order valence-corrected chi connectivity index (χ0v) is 59.2. The molecule has 0 amide bonds. The smallest absolute Gasteiger partial charge is 0.0462 e. The molecule has 0 fully saturated rings. The minimum absolute atomic E-state index is 0.135. The molecule has 2 heteroatoms. The van der Waals surface area contributed by atoms with E-state index in [4.69, 9.17) is 0 Å². The molecule has 0 unspecified atom stereocenters. The van der Waals surface area contributed by atoms with Gasteiger partial charge in [0.05, 0.1) is 0 Å². The van der Waals surface area contributed by atoms with Crippen LogP contribution in [0, 0.1) is 6.92 Å². The lowest BCUT2D eigenvalue weighted by molar-refractivity contribution is 0.414. The molecule has 0 heterocycles. The second-order valence-corrected chi connectivity index (χ2v) is 27.6. The SMILES string of the molecule is C=Cc1ccc(-c2ccc(N(c3ccc(C)cc3)c3ccc(-c4cc(CCCCCCCC)c(-c5c(CCCCCCCC)cc(-c6ccc(N(c7ccc(-c8ccc(C=C)cc8)cc7)c7ccc([C@](C)(CC)CCC)cc7)cc6)c6ccccc56)c5ccccc45)cc3)cc2)cc1. The molecule has 0 saturated carbocycles. The van der Waals surface area contributed by atoms with Crippen LogP contribution in [0.15, 0.2) is 268 Å². The Morgan fingerprint density at radius 2 is 0.633 bits per heavy atom. The third kappa shape index (κ3) is 15.5. The van der Waals surface area contributed by atoms with Gasteiger partial charge in [0, 0.05) is 34.1 Å². The third-order valence-corrected chi connectivity index (χ3v) is 20.9. The van der Waals surface area contributed by atoms with Crippen molar-refractivity contribution < 1.29 is 0 Å². The molecule has 12 aromatic carbocycles. The second kappa shape index (κ2) is 32.5.